The molecule has 0 aliphatic carbocycles. The van der Waals surface area contributed by atoms with E-state index in [1.165, 1.54) is 0 Å². The maximum atomic E-state index is 11.8. The summed E-state index contributed by atoms with van der Waals surface area (Å²) in [6.07, 6.45) is 0.539. The summed E-state index contributed by atoms with van der Waals surface area (Å²) >= 11 is 0. The van der Waals surface area contributed by atoms with Crippen molar-refractivity contribution in [2.75, 3.05) is 0 Å². The largest absolute Gasteiger partial charge is 0.427 e. The second kappa shape index (κ2) is 6.67. The Balaban J connectivity index is 1.56. The van der Waals surface area contributed by atoms with Gasteiger partial charge in [-0.25, -0.2) is 0 Å². The van der Waals surface area contributed by atoms with Crippen LogP contribution in [0.3, 0.4) is 0 Å². The summed E-state index contributed by atoms with van der Waals surface area (Å²) in [6.45, 7) is 0. The van der Waals surface area contributed by atoms with Gasteiger partial charge in [0.25, 0.3) is 0 Å². The first-order valence-electron chi connectivity index (χ1n) is 6.95. The summed E-state index contributed by atoms with van der Waals surface area (Å²) in [4.78, 5) is 16.0. The van der Waals surface area contributed by atoms with Crippen molar-refractivity contribution < 1.29 is 14.1 Å². The predicted octanol–water partition coefficient (Wildman–Crippen LogP) is 3.27. The number of esters is 1. The lowest BCUT2D eigenvalue weighted by Crippen LogP contribution is -2.09. The van der Waals surface area contributed by atoms with Crippen LogP contribution in [0.1, 0.15) is 12.3 Å². The van der Waals surface area contributed by atoms with Crippen LogP contribution in [0.2, 0.25) is 0 Å². The minimum atomic E-state index is -0.328. The topological polar surface area (TPSA) is 65.2 Å². The Bertz CT molecular complexity index is 739. The first kappa shape index (κ1) is 14.0. The van der Waals surface area contributed by atoms with Crippen LogP contribution in [-0.4, -0.2) is 16.1 Å². The molecule has 5 heteroatoms. The molecule has 3 rings (SSSR count). The third-order valence-corrected chi connectivity index (χ3v) is 3.02. The zero-order valence-corrected chi connectivity index (χ0v) is 11.8. The maximum absolute atomic E-state index is 11.8. The van der Waals surface area contributed by atoms with E-state index >= 15 is 0 Å². The Morgan fingerprint density at radius 2 is 1.68 bits per heavy atom. The molecule has 110 valence electrons. The zero-order valence-electron chi connectivity index (χ0n) is 11.8. The van der Waals surface area contributed by atoms with Gasteiger partial charge in [-0.2, -0.15) is 4.98 Å². The molecule has 3 aromatic rings. The molecule has 1 heterocycles. The van der Waals surface area contributed by atoms with Gasteiger partial charge in [-0.05, 0) is 12.1 Å². The lowest BCUT2D eigenvalue weighted by molar-refractivity contribution is -0.134. The molecule has 0 bridgehead atoms. The predicted molar refractivity (Wildman–Crippen MR) is 80.1 cm³/mol. The van der Waals surface area contributed by atoms with E-state index in [4.69, 9.17) is 9.26 Å². The van der Waals surface area contributed by atoms with Crippen molar-refractivity contribution in [1.82, 2.24) is 10.1 Å². The van der Waals surface area contributed by atoms with Gasteiger partial charge < -0.3 is 9.26 Å². The van der Waals surface area contributed by atoms with Crippen LogP contribution in [0.25, 0.3) is 11.4 Å². The third kappa shape index (κ3) is 3.58. The number of nitrogens with zero attached hydrogens (tertiary/aromatic N) is 2. The van der Waals surface area contributed by atoms with Crippen LogP contribution >= 0.6 is 0 Å². The van der Waals surface area contributed by atoms with Crippen molar-refractivity contribution in [3.8, 4) is 17.1 Å². The van der Waals surface area contributed by atoms with Crippen LogP contribution in [0.5, 0.6) is 5.75 Å². The summed E-state index contributed by atoms with van der Waals surface area (Å²) < 4.78 is 10.3. The Morgan fingerprint density at radius 1 is 1.00 bits per heavy atom. The second-order valence-corrected chi connectivity index (χ2v) is 4.66. The summed E-state index contributed by atoms with van der Waals surface area (Å²) in [5.41, 5.74) is 0.879. The number of para-hydroxylation sites is 1. The van der Waals surface area contributed by atoms with Crippen molar-refractivity contribution in [2.24, 2.45) is 0 Å². The number of benzene rings is 2. The van der Waals surface area contributed by atoms with Gasteiger partial charge >= 0.3 is 5.97 Å². The molecular formula is C17H14N2O3. The minimum Gasteiger partial charge on any atom is -0.427 e. The number of hydrogen-bond donors (Lipinski definition) is 0. The van der Waals surface area contributed by atoms with Gasteiger partial charge in [-0.15, -0.1) is 0 Å². The highest BCUT2D eigenvalue weighted by Crippen LogP contribution is 2.16. The normalized spacial score (nSPS) is 10.4. The quantitative estimate of drug-likeness (QED) is 0.533. The molecule has 0 spiro atoms. The van der Waals surface area contributed by atoms with E-state index in [1.54, 1.807) is 12.1 Å². The van der Waals surface area contributed by atoms with Crippen molar-refractivity contribution >= 4 is 5.97 Å². The standard InChI is InChI=1S/C17H14N2O3/c20-16(21-14-9-5-2-6-10-14)12-11-15-18-17(19-22-15)13-7-3-1-4-8-13/h1-10H,11-12H2. The van der Waals surface area contributed by atoms with Gasteiger partial charge in [-0.3, -0.25) is 4.79 Å². The van der Waals surface area contributed by atoms with Crippen LogP contribution in [0.15, 0.2) is 65.2 Å². The number of aryl methyl sites for hydroxylation is 1. The molecule has 0 saturated heterocycles. The SMILES string of the molecule is O=C(CCc1nc(-c2ccccc2)no1)Oc1ccccc1. The van der Waals surface area contributed by atoms with Crippen LogP contribution < -0.4 is 4.74 Å². The zero-order chi connectivity index (χ0) is 15.2. The fourth-order valence-electron chi connectivity index (χ4n) is 1.94. The molecule has 0 saturated carbocycles. The molecule has 0 aliphatic heterocycles. The van der Waals surface area contributed by atoms with Crippen molar-refractivity contribution in [1.29, 1.82) is 0 Å². The molecule has 0 aliphatic rings. The average molecular weight is 294 g/mol. The number of aromatic nitrogens is 2. The summed E-state index contributed by atoms with van der Waals surface area (Å²) in [5, 5.41) is 3.91. The summed E-state index contributed by atoms with van der Waals surface area (Å²) in [7, 11) is 0. The first-order valence-corrected chi connectivity index (χ1v) is 6.95. The minimum absolute atomic E-state index is 0.186. The second-order valence-electron chi connectivity index (χ2n) is 4.66. The van der Waals surface area contributed by atoms with Crippen molar-refractivity contribution in [3.05, 3.63) is 66.6 Å². The molecule has 1 aromatic heterocycles. The summed E-state index contributed by atoms with van der Waals surface area (Å²) in [6, 6.07) is 18.5. The molecule has 5 nitrogen and oxygen atoms in total. The van der Waals surface area contributed by atoms with E-state index in [1.807, 2.05) is 48.5 Å². The molecule has 0 fully saturated rings. The molecule has 0 amide bonds. The van der Waals surface area contributed by atoms with Gasteiger partial charge in [0.2, 0.25) is 11.7 Å². The molecule has 0 unspecified atom stereocenters. The van der Waals surface area contributed by atoms with E-state index in [0.29, 0.717) is 23.9 Å². The molecular weight excluding hydrogens is 280 g/mol. The molecule has 2 aromatic carbocycles. The fraction of sp³-hybridized carbons (Fsp3) is 0.118. The van der Waals surface area contributed by atoms with Gasteiger partial charge in [0.1, 0.15) is 5.75 Å². The van der Waals surface area contributed by atoms with E-state index in [2.05, 4.69) is 10.1 Å². The first-order chi connectivity index (χ1) is 10.8. The number of carbonyl (C=O) groups excluding carboxylic acids is 1. The van der Waals surface area contributed by atoms with E-state index in [9.17, 15) is 4.79 Å². The van der Waals surface area contributed by atoms with Crippen LogP contribution in [0.4, 0.5) is 0 Å². The molecule has 22 heavy (non-hydrogen) atoms. The monoisotopic (exact) mass is 294 g/mol. The van der Waals surface area contributed by atoms with Crippen LogP contribution in [0, 0.1) is 0 Å². The summed E-state index contributed by atoms with van der Waals surface area (Å²) in [5.74, 6) is 1.14. The number of hydrogen-bond acceptors (Lipinski definition) is 5. The Labute approximate surface area is 127 Å². The molecule has 0 radical (unpaired) electrons. The lowest BCUT2D eigenvalue weighted by Gasteiger charge is -2.01. The smallest absolute Gasteiger partial charge is 0.311 e. The van der Waals surface area contributed by atoms with Gasteiger partial charge in [0.15, 0.2) is 0 Å². The number of ether oxygens (including phenoxy) is 1. The van der Waals surface area contributed by atoms with E-state index < -0.39 is 0 Å². The lowest BCUT2D eigenvalue weighted by atomic mass is 10.2. The third-order valence-electron chi connectivity index (χ3n) is 3.02. The Morgan fingerprint density at radius 3 is 2.41 bits per heavy atom. The fourth-order valence-corrected chi connectivity index (χ4v) is 1.94. The highest BCUT2D eigenvalue weighted by Gasteiger charge is 2.11. The van der Waals surface area contributed by atoms with Crippen LogP contribution in [-0.2, 0) is 11.2 Å². The molecule has 0 atom stereocenters. The van der Waals surface area contributed by atoms with Crippen molar-refractivity contribution in [2.45, 2.75) is 12.8 Å². The van der Waals surface area contributed by atoms with Gasteiger partial charge in [-0.1, -0.05) is 53.7 Å². The average Bonchev–Trinajstić information content (AvgIpc) is 3.04. The number of carbonyl (C=O) groups is 1. The maximum Gasteiger partial charge on any atom is 0.311 e. The Hall–Kier alpha value is -2.95. The highest BCUT2D eigenvalue weighted by atomic mass is 16.5. The Kier molecular flexibility index (Phi) is 4.25. The van der Waals surface area contributed by atoms with E-state index in [-0.39, 0.29) is 12.4 Å². The van der Waals surface area contributed by atoms with Gasteiger partial charge in [0.05, 0.1) is 6.42 Å². The van der Waals surface area contributed by atoms with E-state index in [0.717, 1.165) is 5.56 Å². The molecule has 0 N–H and O–H groups in total. The van der Waals surface area contributed by atoms with Gasteiger partial charge in [0, 0.05) is 12.0 Å². The van der Waals surface area contributed by atoms with Crippen molar-refractivity contribution in [3.63, 3.8) is 0 Å². The highest BCUT2D eigenvalue weighted by molar-refractivity contribution is 5.72. The number of rotatable bonds is 5.